The van der Waals surface area contributed by atoms with E-state index >= 15 is 0 Å². The molecule has 10 heteroatoms. The lowest BCUT2D eigenvalue weighted by molar-refractivity contribution is 0.0524. The van der Waals surface area contributed by atoms with E-state index in [1.807, 2.05) is 0 Å². The van der Waals surface area contributed by atoms with Crippen molar-refractivity contribution in [3.05, 3.63) is 52.8 Å². The SMILES string of the molecule is CCOC(=O)c1ccc(C(=O)Nc2ccc(C)c(S(=O)(=O)N3CCOCC3)c2)nc1C. The Hall–Kier alpha value is -2.82. The van der Waals surface area contributed by atoms with E-state index in [0.717, 1.165) is 0 Å². The molecular weight excluding hydrogens is 422 g/mol. The third-order valence-corrected chi connectivity index (χ3v) is 6.89. The molecule has 1 fully saturated rings. The molecule has 31 heavy (non-hydrogen) atoms. The van der Waals surface area contributed by atoms with Gasteiger partial charge in [-0.1, -0.05) is 6.07 Å². The van der Waals surface area contributed by atoms with Gasteiger partial charge in [-0.15, -0.1) is 0 Å². The van der Waals surface area contributed by atoms with E-state index in [1.54, 1.807) is 32.9 Å². The van der Waals surface area contributed by atoms with Crippen LogP contribution >= 0.6 is 0 Å². The standard InChI is InChI=1S/C21H25N3O6S/c1-4-30-21(26)17-7-8-18(22-15(17)3)20(25)23-16-6-5-14(2)19(13-16)31(27,28)24-9-11-29-12-10-24/h5-8,13H,4,9-12H2,1-3H3,(H,23,25). The topological polar surface area (TPSA) is 115 Å². The number of aryl methyl sites for hydroxylation is 2. The minimum absolute atomic E-state index is 0.101. The number of nitrogens with zero attached hydrogens (tertiary/aromatic N) is 2. The van der Waals surface area contributed by atoms with Crippen molar-refractivity contribution in [3.8, 4) is 0 Å². The molecule has 1 aliphatic heterocycles. The van der Waals surface area contributed by atoms with E-state index in [2.05, 4.69) is 10.3 Å². The Morgan fingerprint density at radius 2 is 1.87 bits per heavy atom. The van der Waals surface area contributed by atoms with Gasteiger partial charge in [-0.05, 0) is 50.6 Å². The molecule has 3 rings (SSSR count). The molecule has 0 aliphatic carbocycles. The summed E-state index contributed by atoms with van der Waals surface area (Å²) in [5.41, 5.74) is 1.66. The van der Waals surface area contributed by atoms with Crippen molar-refractivity contribution in [1.82, 2.24) is 9.29 Å². The van der Waals surface area contributed by atoms with Crippen LogP contribution in [-0.4, -0.2) is 62.5 Å². The average Bonchev–Trinajstić information content (AvgIpc) is 2.75. The maximum atomic E-state index is 13.0. The molecule has 0 bridgehead atoms. The highest BCUT2D eigenvalue weighted by Gasteiger charge is 2.28. The first-order valence-electron chi connectivity index (χ1n) is 9.88. The second kappa shape index (κ2) is 9.54. The Labute approximate surface area is 181 Å². The molecule has 9 nitrogen and oxygen atoms in total. The second-order valence-corrected chi connectivity index (χ2v) is 8.91. The Balaban J connectivity index is 1.82. The van der Waals surface area contributed by atoms with Crippen molar-refractivity contribution in [2.75, 3.05) is 38.2 Å². The fraction of sp³-hybridized carbons (Fsp3) is 0.381. The summed E-state index contributed by atoms with van der Waals surface area (Å²) in [6.45, 7) is 6.53. The number of carbonyl (C=O) groups excluding carboxylic acids is 2. The molecule has 0 unspecified atom stereocenters. The number of anilines is 1. The maximum absolute atomic E-state index is 13.0. The van der Waals surface area contributed by atoms with E-state index in [1.165, 1.54) is 22.5 Å². The molecule has 1 aromatic carbocycles. The van der Waals surface area contributed by atoms with Crippen LogP contribution in [0.3, 0.4) is 0 Å². The number of hydrogen-bond donors (Lipinski definition) is 1. The van der Waals surface area contributed by atoms with Gasteiger partial charge in [-0.2, -0.15) is 4.31 Å². The molecule has 1 saturated heterocycles. The first-order valence-corrected chi connectivity index (χ1v) is 11.3. The first-order chi connectivity index (χ1) is 14.7. The average molecular weight is 448 g/mol. The van der Waals surface area contributed by atoms with Crippen molar-refractivity contribution >= 4 is 27.6 Å². The molecule has 0 radical (unpaired) electrons. The summed E-state index contributed by atoms with van der Waals surface area (Å²) in [6, 6.07) is 7.63. The van der Waals surface area contributed by atoms with Crippen molar-refractivity contribution in [1.29, 1.82) is 0 Å². The lowest BCUT2D eigenvalue weighted by Crippen LogP contribution is -2.40. The minimum Gasteiger partial charge on any atom is -0.462 e. The lowest BCUT2D eigenvalue weighted by Gasteiger charge is -2.26. The van der Waals surface area contributed by atoms with Gasteiger partial charge in [0.15, 0.2) is 0 Å². The number of esters is 1. The lowest BCUT2D eigenvalue weighted by atomic mass is 10.1. The zero-order valence-corrected chi connectivity index (χ0v) is 18.5. The van der Waals surface area contributed by atoms with Crippen LogP contribution in [0.2, 0.25) is 0 Å². The van der Waals surface area contributed by atoms with Gasteiger partial charge in [0, 0.05) is 18.8 Å². The highest BCUT2D eigenvalue weighted by molar-refractivity contribution is 7.89. The van der Waals surface area contributed by atoms with E-state index in [-0.39, 0.29) is 35.8 Å². The number of nitrogens with one attached hydrogen (secondary N) is 1. The van der Waals surface area contributed by atoms with Crippen molar-refractivity contribution in [3.63, 3.8) is 0 Å². The van der Waals surface area contributed by atoms with Crippen LogP contribution in [0.5, 0.6) is 0 Å². The first kappa shape index (κ1) is 22.9. The molecule has 1 amide bonds. The fourth-order valence-corrected chi connectivity index (χ4v) is 4.85. The van der Waals surface area contributed by atoms with Gasteiger partial charge in [0.1, 0.15) is 5.69 Å². The van der Waals surface area contributed by atoms with Gasteiger partial charge in [-0.3, -0.25) is 4.79 Å². The zero-order chi connectivity index (χ0) is 22.6. The van der Waals surface area contributed by atoms with Crippen LogP contribution in [0.25, 0.3) is 0 Å². The Morgan fingerprint density at radius 1 is 1.16 bits per heavy atom. The molecule has 2 aromatic rings. The smallest absolute Gasteiger partial charge is 0.339 e. The predicted octanol–water partition coefficient (Wildman–Crippen LogP) is 2.15. The second-order valence-electron chi connectivity index (χ2n) is 7.00. The quantitative estimate of drug-likeness (QED) is 0.675. The summed E-state index contributed by atoms with van der Waals surface area (Å²) in [4.78, 5) is 28.9. The number of benzene rings is 1. The largest absolute Gasteiger partial charge is 0.462 e. The van der Waals surface area contributed by atoms with Crippen molar-refractivity contribution in [2.45, 2.75) is 25.7 Å². The number of pyridine rings is 1. The summed E-state index contributed by atoms with van der Waals surface area (Å²) in [5.74, 6) is -1.02. The van der Waals surface area contributed by atoms with E-state index in [4.69, 9.17) is 9.47 Å². The van der Waals surface area contributed by atoms with Crippen LogP contribution < -0.4 is 5.32 Å². The highest BCUT2D eigenvalue weighted by Crippen LogP contribution is 2.24. The highest BCUT2D eigenvalue weighted by atomic mass is 32.2. The fourth-order valence-electron chi connectivity index (χ4n) is 3.19. The van der Waals surface area contributed by atoms with Crippen LogP contribution in [0.1, 0.15) is 39.0 Å². The summed E-state index contributed by atoms with van der Waals surface area (Å²) in [6.07, 6.45) is 0. The zero-order valence-electron chi connectivity index (χ0n) is 17.7. The van der Waals surface area contributed by atoms with Gasteiger partial charge in [0.25, 0.3) is 5.91 Å². The predicted molar refractivity (Wildman–Crippen MR) is 114 cm³/mol. The summed E-state index contributed by atoms with van der Waals surface area (Å²) >= 11 is 0. The van der Waals surface area contributed by atoms with Crippen molar-refractivity contribution in [2.24, 2.45) is 0 Å². The summed E-state index contributed by atoms with van der Waals surface area (Å²) in [5, 5.41) is 2.68. The van der Waals surface area contributed by atoms with Crippen molar-refractivity contribution < 1.29 is 27.5 Å². The molecule has 166 valence electrons. The minimum atomic E-state index is -3.71. The molecule has 1 aromatic heterocycles. The number of ether oxygens (including phenoxy) is 2. The van der Waals surface area contributed by atoms with Crippen LogP contribution in [0.4, 0.5) is 5.69 Å². The van der Waals surface area contributed by atoms with Gasteiger partial charge in [-0.25, -0.2) is 18.2 Å². The van der Waals surface area contributed by atoms with E-state index in [9.17, 15) is 18.0 Å². The maximum Gasteiger partial charge on any atom is 0.339 e. The molecular formula is C21H25N3O6S. The van der Waals surface area contributed by atoms with Gasteiger partial charge in [0.2, 0.25) is 10.0 Å². The number of amides is 1. The summed E-state index contributed by atoms with van der Waals surface area (Å²) < 4.78 is 37.6. The van der Waals surface area contributed by atoms with Crippen LogP contribution in [-0.2, 0) is 19.5 Å². The van der Waals surface area contributed by atoms with Crippen LogP contribution in [0, 0.1) is 13.8 Å². The number of hydrogen-bond acceptors (Lipinski definition) is 7. The van der Waals surface area contributed by atoms with Gasteiger partial charge in [0.05, 0.1) is 36.0 Å². The summed E-state index contributed by atoms with van der Waals surface area (Å²) in [7, 11) is -3.71. The molecule has 1 N–H and O–H groups in total. The number of sulfonamides is 1. The van der Waals surface area contributed by atoms with Gasteiger partial charge < -0.3 is 14.8 Å². The van der Waals surface area contributed by atoms with Crippen LogP contribution in [0.15, 0.2) is 35.2 Å². The number of carbonyl (C=O) groups is 2. The molecule has 0 spiro atoms. The molecule has 1 aliphatic rings. The normalized spacial score (nSPS) is 14.8. The number of aromatic nitrogens is 1. The Morgan fingerprint density at radius 3 is 2.52 bits per heavy atom. The molecule has 2 heterocycles. The third-order valence-electron chi connectivity index (χ3n) is 4.85. The molecule has 0 atom stereocenters. The number of rotatable bonds is 6. The Bertz CT molecular complexity index is 1090. The monoisotopic (exact) mass is 447 g/mol. The molecule has 0 saturated carbocycles. The Kier molecular flexibility index (Phi) is 7.04. The van der Waals surface area contributed by atoms with E-state index < -0.39 is 21.9 Å². The van der Waals surface area contributed by atoms with E-state index in [0.29, 0.717) is 30.2 Å². The van der Waals surface area contributed by atoms with Gasteiger partial charge >= 0.3 is 5.97 Å². The third kappa shape index (κ3) is 5.09. The number of morpholine rings is 1.